The van der Waals surface area contributed by atoms with Gasteiger partial charge in [0.1, 0.15) is 17.2 Å². The summed E-state index contributed by atoms with van der Waals surface area (Å²) in [6.45, 7) is 1.57. The SMILES string of the molecule is COc1cccc(F)c1C(C)(O)c1cccs1. The van der Waals surface area contributed by atoms with Crippen LogP contribution in [0.2, 0.25) is 0 Å². The standard InChI is InChI=1S/C13H13FO2S/c1-13(15,11-7-4-8-17-11)12-9(14)5-3-6-10(12)16-2/h3-8,15H,1-2H3. The van der Waals surface area contributed by atoms with Gasteiger partial charge in [0.2, 0.25) is 0 Å². The summed E-state index contributed by atoms with van der Waals surface area (Å²) in [5, 5.41) is 12.4. The zero-order valence-corrected chi connectivity index (χ0v) is 10.4. The molecule has 0 radical (unpaired) electrons. The second-order valence-electron chi connectivity index (χ2n) is 3.87. The van der Waals surface area contributed by atoms with Crippen LogP contribution in [0.1, 0.15) is 17.4 Å². The molecule has 0 aliphatic heterocycles. The van der Waals surface area contributed by atoms with E-state index >= 15 is 0 Å². The molecule has 4 heteroatoms. The molecule has 1 unspecified atom stereocenters. The highest BCUT2D eigenvalue weighted by Crippen LogP contribution is 2.38. The van der Waals surface area contributed by atoms with Crippen LogP contribution in [0.25, 0.3) is 0 Å². The van der Waals surface area contributed by atoms with Crippen molar-refractivity contribution in [3.8, 4) is 5.75 Å². The van der Waals surface area contributed by atoms with E-state index in [1.165, 1.54) is 24.5 Å². The van der Waals surface area contributed by atoms with Crippen LogP contribution in [-0.2, 0) is 5.60 Å². The van der Waals surface area contributed by atoms with Gasteiger partial charge in [-0.2, -0.15) is 0 Å². The van der Waals surface area contributed by atoms with E-state index in [4.69, 9.17) is 4.74 Å². The lowest BCUT2D eigenvalue weighted by Crippen LogP contribution is -2.23. The van der Waals surface area contributed by atoms with Crippen LogP contribution in [0.15, 0.2) is 35.7 Å². The highest BCUT2D eigenvalue weighted by atomic mass is 32.1. The number of benzene rings is 1. The molecule has 0 spiro atoms. The maximum Gasteiger partial charge on any atom is 0.133 e. The van der Waals surface area contributed by atoms with Crippen LogP contribution in [-0.4, -0.2) is 12.2 Å². The maximum atomic E-state index is 13.9. The highest BCUT2D eigenvalue weighted by molar-refractivity contribution is 7.10. The van der Waals surface area contributed by atoms with Gasteiger partial charge in [0.15, 0.2) is 0 Å². The van der Waals surface area contributed by atoms with E-state index in [1.54, 1.807) is 25.1 Å². The van der Waals surface area contributed by atoms with Crippen molar-refractivity contribution in [1.29, 1.82) is 0 Å². The van der Waals surface area contributed by atoms with E-state index in [1.807, 2.05) is 11.4 Å². The molecule has 0 aliphatic rings. The number of rotatable bonds is 3. The lowest BCUT2D eigenvalue weighted by molar-refractivity contribution is 0.0983. The predicted molar refractivity (Wildman–Crippen MR) is 65.9 cm³/mol. The van der Waals surface area contributed by atoms with Crippen molar-refractivity contribution in [3.05, 3.63) is 52.0 Å². The molecule has 0 saturated carbocycles. The molecule has 90 valence electrons. The summed E-state index contributed by atoms with van der Waals surface area (Å²) >= 11 is 1.38. The topological polar surface area (TPSA) is 29.5 Å². The Balaban J connectivity index is 2.60. The summed E-state index contributed by atoms with van der Waals surface area (Å²) in [6.07, 6.45) is 0. The molecule has 1 aromatic carbocycles. The summed E-state index contributed by atoms with van der Waals surface area (Å²) in [6, 6.07) is 8.11. The lowest BCUT2D eigenvalue weighted by Gasteiger charge is -2.25. The molecule has 0 saturated heterocycles. The van der Waals surface area contributed by atoms with Crippen molar-refractivity contribution in [2.45, 2.75) is 12.5 Å². The smallest absolute Gasteiger partial charge is 0.133 e. The molecule has 0 aliphatic carbocycles. The molecule has 1 heterocycles. The van der Waals surface area contributed by atoms with Gasteiger partial charge in [0.05, 0.1) is 12.7 Å². The molecule has 0 bridgehead atoms. The minimum atomic E-state index is -1.38. The first-order chi connectivity index (χ1) is 8.07. The molecule has 0 amide bonds. The minimum absolute atomic E-state index is 0.171. The van der Waals surface area contributed by atoms with Crippen molar-refractivity contribution in [3.63, 3.8) is 0 Å². The van der Waals surface area contributed by atoms with Gasteiger partial charge in [0.25, 0.3) is 0 Å². The molecular weight excluding hydrogens is 239 g/mol. The number of methoxy groups -OCH3 is 1. The van der Waals surface area contributed by atoms with Crippen molar-refractivity contribution in [2.75, 3.05) is 7.11 Å². The summed E-state index contributed by atoms with van der Waals surface area (Å²) in [4.78, 5) is 0.681. The van der Waals surface area contributed by atoms with Crippen molar-refractivity contribution in [1.82, 2.24) is 0 Å². The Kier molecular flexibility index (Phi) is 3.17. The van der Waals surface area contributed by atoms with Crippen molar-refractivity contribution < 1.29 is 14.2 Å². The van der Waals surface area contributed by atoms with Crippen LogP contribution in [0, 0.1) is 5.82 Å². The largest absolute Gasteiger partial charge is 0.496 e. The van der Waals surface area contributed by atoms with Crippen LogP contribution >= 0.6 is 11.3 Å². The summed E-state index contributed by atoms with van der Waals surface area (Å²) < 4.78 is 19.0. The third kappa shape index (κ3) is 2.06. The van der Waals surface area contributed by atoms with Gasteiger partial charge in [-0.1, -0.05) is 12.1 Å². The monoisotopic (exact) mass is 252 g/mol. The van der Waals surface area contributed by atoms with Crippen LogP contribution in [0.3, 0.4) is 0 Å². The van der Waals surface area contributed by atoms with E-state index in [0.29, 0.717) is 10.6 Å². The van der Waals surface area contributed by atoms with E-state index in [0.717, 1.165) is 0 Å². The fraction of sp³-hybridized carbons (Fsp3) is 0.231. The van der Waals surface area contributed by atoms with Gasteiger partial charge in [0, 0.05) is 4.88 Å². The Morgan fingerprint density at radius 1 is 1.29 bits per heavy atom. The second-order valence-corrected chi connectivity index (χ2v) is 4.81. The third-order valence-electron chi connectivity index (χ3n) is 2.68. The first kappa shape index (κ1) is 12.1. The average molecular weight is 252 g/mol. The third-order valence-corrected chi connectivity index (χ3v) is 3.76. The normalized spacial score (nSPS) is 14.4. The predicted octanol–water partition coefficient (Wildman–Crippen LogP) is 3.15. The quantitative estimate of drug-likeness (QED) is 0.909. The number of aliphatic hydroxyl groups is 1. The molecule has 2 aromatic rings. The van der Waals surface area contributed by atoms with Crippen molar-refractivity contribution >= 4 is 11.3 Å². The Morgan fingerprint density at radius 3 is 2.65 bits per heavy atom. The summed E-state index contributed by atoms with van der Waals surface area (Å²) in [5.74, 6) is -0.119. The summed E-state index contributed by atoms with van der Waals surface area (Å²) in [5.41, 5.74) is -1.21. The second kappa shape index (κ2) is 4.47. The van der Waals surface area contributed by atoms with E-state index < -0.39 is 11.4 Å². The number of thiophene rings is 1. The maximum absolute atomic E-state index is 13.9. The fourth-order valence-corrected chi connectivity index (χ4v) is 2.62. The molecule has 1 aromatic heterocycles. The summed E-state index contributed by atoms with van der Waals surface area (Å²) in [7, 11) is 1.46. The Bertz CT molecular complexity index is 506. The van der Waals surface area contributed by atoms with Gasteiger partial charge in [-0.3, -0.25) is 0 Å². The van der Waals surface area contributed by atoms with Crippen LogP contribution in [0.4, 0.5) is 4.39 Å². The van der Waals surface area contributed by atoms with Crippen LogP contribution in [0.5, 0.6) is 5.75 Å². The molecule has 0 fully saturated rings. The number of hydrogen-bond donors (Lipinski definition) is 1. The highest BCUT2D eigenvalue weighted by Gasteiger charge is 2.33. The number of ether oxygens (including phenoxy) is 1. The zero-order valence-electron chi connectivity index (χ0n) is 9.61. The van der Waals surface area contributed by atoms with Gasteiger partial charge >= 0.3 is 0 Å². The Hall–Kier alpha value is -1.39. The Morgan fingerprint density at radius 2 is 2.06 bits per heavy atom. The molecule has 2 nitrogen and oxygen atoms in total. The number of hydrogen-bond acceptors (Lipinski definition) is 3. The minimum Gasteiger partial charge on any atom is -0.496 e. The molecule has 2 rings (SSSR count). The first-order valence-corrected chi connectivity index (χ1v) is 6.04. The van der Waals surface area contributed by atoms with E-state index in [-0.39, 0.29) is 5.56 Å². The van der Waals surface area contributed by atoms with Gasteiger partial charge in [-0.25, -0.2) is 4.39 Å². The zero-order chi connectivity index (χ0) is 12.5. The lowest BCUT2D eigenvalue weighted by atomic mass is 9.93. The first-order valence-electron chi connectivity index (χ1n) is 5.16. The number of halogens is 1. The van der Waals surface area contributed by atoms with Gasteiger partial charge < -0.3 is 9.84 Å². The Labute approximate surface area is 103 Å². The van der Waals surface area contributed by atoms with Gasteiger partial charge in [-0.05, 0) is 30.5 Å². The van der Waals surface area contributed by atoms with Crippen LogP contribution < -0.4 is 4.74 Å². The van der Waals surface area contributed by atoms with Gasteiger partial charge in [-0.15, -0.1) is 11.3 Å². The molecule has 1 N–H and O–H groups in total. The van der Waals surface area contributed by atoms with E-state index in [2.05, 4.69) is 0 Å². The average Bonchev–Trinajstić information content (AvgIpc) is 2.82. The fourth-order valence-electron chi connectivity index (χ4n) is 1.83. The van der Waals surface area contributed by atoms with Crippen molar-refractivity contribution in [2.24, 2.45) is 0 Å². The molecule has 1 atom stereocenters. The molecular formula is C13H13FO2S. The van der Waals surface area contributed by atoms with E-state index in [9.17, 15) is 9.50 Å². The molecule has 17 heavy (non-hydrogen) atoms.